The second-order valence-corrected chi connectivity index (χ2v) is 5.13. The first kappa shape index (κ1) is 11.7. The lowest BCUT2D eigenvalue weighted by molar-refractivity contribution is 0.547. The number of hydrogen-bond donors (Lipinski definition) is 1. The third-order valence-corrected chi connectivity index (χ3v) is 3.84. The molecule has 86 valence electrons. The van der Waals surface area contributed by atoms with Gasteiger partial charge in [-0.15, -0.1) is 0 Å². The van der Waals surface area contributed by atoms with Gasteiger partial charge in [0.05, 0.1) is 11.0 Å². The number of hydrogen-bond acceptors (Lipinski definition) is 2. The quantitative estimate of drug-likeness (QED) is 0.830. The highest BCUT2D eigenvalue weighted by Crippen LogP contribution is 2.23. The molecule has 0 bridgehead atoms. The smallest absolute Gasteiger partial charge is 0.178 e. The van der Waals surface area contributed by atoms with Gasteiger partial charge in [-0.25, -0.2) is 0 Å². The number of aromatic amines is 1. The third-order valence-electron chi connectivity index (χ3n) is 2.82. The molecule has 0 saturated heterocycles. The highest BCUT2D eigenvalue weighted by atomic mass is 32.2. The van der Waals surface area contributed by atoms with Gasteiger partial charge in [0.15, 0.2) is 4.77 Å². The summed E-state index contributed by atoms with van der Waals surface area (Å²) < 4.78 is 3.09. The number of rotatable bonds is 4. The van der Waals surface area contributed by atoms with E-state index >= 15 is 0 Å². The summed E-state index contributed by atoms with van der Waals surface area (Å²) in [6.07, 6.45) is 3.25. The molecule has 0 aliphatic rings. The zero-order chi connectivity index (χ0) is 11.5. The van der Waals surface area contributed by atoms with Gasteiger partial charge in [0, 0.05) is 11.8 Å². The molecule has 4 heteroatoms. The van der Waals surface area contributed by atoms with Gasteiger partial charge in [-0.1, -0.05) is 19.1 Å². The second kappa shape index (κ2) is 5.06. The molecule has 16 heavy (non-hydrogen) atoms. The largest absolute Gasteiger partial charge is 0.331 e. The van der Waals surface area contributed by atoms with Crippen molar-refractivity contribution < 1.29 is 0 Å². The van der Waals surface area contributed by atoms with Gasteiger partial charge >= 0.3 is 0 Å². The summed E-state index contributed by atoms with van der Waals surface area (Å²) >= 11 is 7.28. The first-order chi connectivity index (χ1) is 7.77. The van der Waals surface area contributed by atoms with E-state index in [-0.39, 0.29) is 0 Å². The summed E-state index contributed by atoms with van der Waals surface area (Å²) in [7, 11) is 0. The minimum Gasteiger partial charge on any atom is -0.331 e. The van der Waals surface area contributed by atoms with E-state index in [1.165, 1.54) is 5.52 Å². The molecule has 0 fully saturated rings. The number of fused-ring (bicyclic) bond motifs is 1. The van der Waals surface area contributed by atoms with Crippen LogP contribution in [0.4, 0.5) is 0 Å². The van der Waals surface area contributed by atoms with E-state index in [0.29, 0.717) is 6.04 Å². The summed E-state index contributed by atoms with van der Waals surface area (Å²) in [4.78, 5) is 3.27. The normalized spacial score (nSPS) is 13.1. The van der Waals surface area contributed by atoms with E-state index in [9.17, 15) is 0 Å². The van der Waals surface area contributed by atoms with Crippen molar-refractivity contribution >= 4 is 35.0 Å². The SMILES string of the molecule is CCC(CSC)n1c(=S)[nH]c2ccccc21. The zero-order valence-corrected chi connectivity index (χ0v) is 11.2. The molecular formula is C12H16N2S2. The maximum absolute atomic E-state index is 5.41. The molecule has 1 N–H and O–H groups in total. The summed E-state index contributed by atoms with van der Waals surface area (Å²) in [6, 6.07) is 8.79. The van der Waals surface area contributed by atoms with Crippen LogP contribution >= 0.6 is 24.0 Å². The van der Waals surface area contributed by atoms with Crippen LogP contribution in [0.5, 0.6) is 0 Å². The van der Waals surface area contributed by atoms with Crippen molar-refractivity contribution in [1.82, 2.24) is 9.55 Å². The van der Waals surface area contributed by atoms with Gasteiger partial charge in [0.1, 0.15) is 0 Å². The lowest BCUT2D eigenvalue weighted by atomic mass is 10.2. The Morgan fingerprint density at radius 1 is 1.44 bits per heavy atom. The molecule has 1 atom stereocenters. The molecule has 0 aliphatic carbocycles. The van der Waals surface area contributed by atoms with E-state index in [2.05, 4.69) is 40.9 Å². The molecule has 2 nitrogen and oxygen atoms in total. The molecule has 0 amide bonds. The molecule has 0 radical (unpaired) electrons. The van der Waals surface area contributed by atoms with Crippen molar-refractivity contribution in [2.45, 2.75) is 19.4 Å². The van der Waals surface area contributed by atoms with Crippen LogP contribution in [0.1, 0.15) is 19.4 Å². The molecule has 1 aromatic carbocycles. The number of thioether (sulfide) groups is 1. The van der Waals surface area contributed by atoms with Gasteiger partial charge in [-0.3, -0.25) is 0 Å². The van der Waals surface area contributed by atoms with E-state index in [4.69, 9.17) is 12.2 Å². The number of nitrogens with zero attached hydrogens (tertiary/aromatic N) is 1. The van der Waals surface area contributed by atoms with Crippen LogP contribution in [0.2, 0.25) is 0 Å². The average molecular weight is 252 g/mol. The number of nitrogens with one attached hydrogen (secondary N) is 1. The fraction of sp³-hybridized carbons (Fsp3) is 0.417. The van der Waals surface area contributed by atoms with E-state index in [0.717, 1.165) is 22.5 Å². The van der Waals surface area contributed by atoms with Crippen LogP contribution in [0, 0.1) is 4.77 Å². The van der Waals surface area contributed by atoms with Crippen molar-refractivity contribution in [3.05, 3.63) is 29.0 Å². The highest BCUT2D eigenvalue weighted by Gasteiger charge is 2.12. The number of benzene rings is 1. The Bertz CT molecular complexity index is 527. The van der Waals surface area contributed by atoms with Gasteiger partial charge in [0.25, 0.3) is 0 Å². The first-order valence-corrected chi connectivity index (χ1v) is 7.26. The van der Waals surface area contributed by atoms with E-state index in [1.807, 2.05) is 17.8 Å². The lowest BCUT2D eigenvalue weighted by Gasteiger charge is -2.16. The fourth-order valence-electron chi connectivity index (χ4n) is 2.00. The van der Waals surface area contributed by atoms with Gasteiger partial charge in [-0.2, -0.15) is 11.8 Å². The molecule has 1 heterocycles. The van der Waals surface area contributed by atoms with Crippen LogP contribution in [0.15, 0.2) is 24.3 Å². The van der Waals surface area contributed by atoms with Crippen LogP contribution < -0.4 is 0 Å². The molecule has 2 rings (SSSR count). The molecule has 2 aromatic rings. The Balaban J connectivity index is 2.57. The van der Waals surface area contributed by atoms with E-state index in [1.54, 1.807) is 0 Å². The first-order valence-electron chi connectivity index (χ1n) is 5.46. The molecule has 1 aromatic heterocycles. The predicted octanol–water partition coefficient (Wildman–Crippen LogP) is 4.01. The minimum atomic E-state index is 0.485. The average Bonchev–Trinajstić information content (AvgIpc) is 2.62. The van der Waals surface area contributed by atoms with Crippen molar-refractivity contribution in [3.63, 3.8) is 0 Å². The van der Waals surface area contributed by atoms with Crippen LogP contribution in [-0.4, -0.2) is 21.6 Å². The fourth-order valence-corrected chi connectivity index (χ4v) is 3.13. The highest BCUT2D eigenvalue weighted by molar-refractivity contribution is 7.98. The third kappa shape index (κ3) is 2.04. The Morgan fingerprint density at radius 3 is 2.88 bits per heavy atom. The van der Waals surface area contributed by atoms with Crippen molar-refractivity contribution in [2.24, 2.45) is 0 Å². The summed E-state index contributed by atoms with van der Waals surface area (Å²) in [5.74, 6) is 1.10. The maximum Gasteiger partial charge on any atom is 0.178 e. The molecular weight excluding hydrogens is 236 g/mol. The topological polar surface area (TPSA) is 20.7 Å². The van der Waals surface area contributed by atoms with Crippen molar-refractivity contribution in [3.8, 4) is 0 Å². The summed E-state index contributed by atoms with van der Waals surface area (Å²) in [5, 5.41) is 0. The molecule has 0 aliphatic heterocycles. The molecule has 1 unspecified atom stereocenters. The number of aromatic nitrogens is 2. The monoisotopic (exact) mass is 252 g/mol. The molecule has 0 saturated carbocycles. The second-order valence-electron chi connectivity index (χ2n) is 3.83. The summed E-state index contributed by atoms with van der Waals surface area (Å²) in [6.45, 7) is 2.21. The maximum atomic E-state index is 5.41. The Kier molecular flexibility index (Phi) is 3.71. The minimum absolute atomic E-state index is 0.485. The van der Waals surface area contributed by atoms with E-state index < -0.39 is 0 Å². The van der Waals surface area contributed by atoms with Gasteiger partial charge < -0.3 is 9.55 Å². The standard InChI is InChI=1S/C12H16N2S2/c1-3-9(8-16-2)14-11-7-5-4-6-10(11)13-12(14)15/h4-7,9H,3,8H2,1-2H3,(H,13,15). The number of para-hydroxylation sites is 2. The number of H-pyrrole nitrogens is 1. The van der Waals surface area contributed by atoms with Crippen molar-refractivity contribution in [2.75, 3.05) is 12.0 Å². The zero-order valence-electron chi connectivity index (χ0n) is 9.56. The van der Waals surface area contributed by atoms with Crippen LogP contribution in [0.25, 0.3) is 11.0 Å². The van der Waals surface area contributed by atoms with Gasteiger partial charge in [0.2, 0.25) is 0 Å². The molecule has 0 spiro atoms. The van der Waals surface area contributed by atoms with Crippen molar-refractivity contribution in [1.29, 1.82) is 0 Å². The van der Waals surface area contributed by atoms with Gasteiger partial charge in [-0.05, 0) is 37.0 Å². The Hall–Kier alpha value is -0.740. The Labute approximate surface area is 105 Å². The predicted molar refractivity (Wildman–Crippen MR) is 74.8 cm³/mol. The lowest BCUT2D eigenvalue weighted by Crippen LogP contribution is -2.10. The number of imidazole rings is 1. The van der Waals surface area contributed by atoms with Crippen LogP contribution in [0.3, 0.4) is 0 Å². The Morgan fingerprint density at radius 2 is 2.19 bits per heavy atom. The van der Waals surface area contributed by atoms with Crippen LogP contribution in [-0.2, 0) is 0 Å². The summed E-state index contributed by atoms with van der Waals surface area (Å²) in [5.41, 5.74) is 2.35.